The Kier molecular flexibility index (Phi) is 7.51. The molecule has 0 atom stereocenters. The first-order chi connectivity index (χ1) is 15.3. The molecule has 0 aliphatic heterocycles. The number of thiophene rings is 1. The minimum atomic E-state index is -0.827. The first-order valence-electron chi connectivity index (χ1n) is 9.83. The fourth-order valence-electron chi connectivity index (χ4n) is 2.89. The Labute approximate surface area is 189 Å². The minimum absolute atomic E-state index is 0.0469. The van der Waals surface area contributed by atoms with Crippen LogP contribution in [0.15, 0.2) is 60.0 Å². The molecule has 164 valence electrons. The molecule has 3 amide bonds. The molecule has 3 aromatic rings. The molecule has 8 heteroatoms. The van der Waals surface area contributed by atoms with Gasteiger partial charge in [-0.3, -0.25) is 14.9 Å². The van der Waals surface area contributed by atoms with Crippen molar-refractivity contribution in [3.8, 4) is 0 Å². The van der Waals surface area contributed by atoms with E-state index in [1.807, 2.05) is 37.4 Å². The molecule has 1 heterocycles. The highest BCUT2D eigenvalue weighted by molar-refractivity contribution is 7.09. The molecule has 0 saturated heterocycles. The van der Waals surface area contributed by atoms with Gasteiger partial charge in [-0.15, -0.1) is 11.3 Å². The lowest BCUT2D eigenvalue weighted by Gasteiger charge is -2.10. The summed E-state index contributed by atoms with van der Waals surface area (Å²) in [6.45, 7) is 3.48. The van der Waals surface area contributed by atoms with Crippen LogP contribution in [-0.4, -0.2) is 30.3 Å². The summed E-state index contributed by atoms with van der Waals surface area (Å²) in [6, 6.07) is 14.6. The largest absolute Gasteiger partial charge is 0.452 e. The third kappa shape index (κ3) is 5.89. The van der Waals surface area contributed by atoms with Gasteiger partial charge < -0.3 is 10.1 Å². The summed E-state index contributed by atoms with van der Waals surface area (Å²) in [7, 11) is 0. The maximum Gasteiger partial charge on any atom is 0.339 e. The van der Waals surface area contributed by atoms with Crippen molar-refractivity contribution in [3.63, 3.8) is 0 Å². The normalized spacial score (nSPS) is 10.3. The number of carbonyl (C=O) groups is 4. The summed E-state index contributed by atoms with van der Waals surface area (Å²) in [4.78, 5) is 50.2. The van der Waals surface area contributed by atoms with Crippen LogP contribution in [0.1, 0.15) is 42.3 Å². The van der Waals surface area contributed by atoms with Crippen molar-refractivity contribution >= 4 is 35.0 Å². The number of rotatable bonds is 7. The standard InChI is InChI=1S/C24H22N2O5S/c1-15-9-10-17(12-16(15)2)22(28)19-7-3-4-8-20(19)23(29)31-14-21(27)26-24(30)25-13-18-6-5-11-32-18/h3-12H,13-14H2,1-2H3,(H2,25,26,27,30). The number of carbonyl (C=O) groups excluding carboxylic acids is 4. The third-order valence-corrected chi connectivity index (χ3v) is 5.63. The van der Waals surface area contributed by atoms with Crippen LogP contribution in [-0.2, 0) is 16.1 Å². The summed E-state index contributed by atoms with van der Waals surface area (Å²) in [5.74, 6) is -1.93. The molecule has 3 rings (SSSR count). The lowest BCUT2D eigenvalue weighted by Crippen LogP contribution is -2.41. The lowest BCUT2D eigenvalue weighted by atomic mass is 9.96. The second-order valence-corrected chi connectivity index (χ2v) is 8.09. The van der Waals surface area contributed by atoms with E-state index >= 15 is 0 Å². The Morgan fingerprint density at radius 1 is 0.906 bits per heavy atom. The van der Waals surface area contributed by atoms with Crippen LogP contribution in [0, 0.1) is 13.8 Å². The summed E-state index contributed by atoms with van der Waals surface area (Å²) in [6.07, 6.45) is 0. The Balaban J connectivity index is 1.59. The lowest BCUT2D eigenvalue weighted by molar-refractivity contribution is -0.123. The molecule has 2 aromatic carbocycles. The predicted molar refractivity (Wildman–Crippen MR) is 121 cm³/mol. The Hall–Kier alpha value is -3.78. The number of hydrogen-bond donors (Lipinski definition) is 2. The third-order valence-electron chi connectivity index (χ3n) is 4.75. The first kappa shape index (κ1) is 22.9. The topological polar surface area (TPSA) is 102 Å². The number of amides is 3. The Bertz CT molecular complexity index is 1150. The van der Waals surface area contributed by atoms with E-state index in [4.69, 9.17) is 4.74 Å². The van der Waals surface area contributed by atoms with Gasteiger partial charge in [0, 0.05) is 16.0 Å². The Morgan fingerprint density at radius 3 is 2.34 bits per heavy atom. The molecule has 0 fully saturated rings. The average molecular weight is 451 g/mol. The number of hydrogen-bond acceptors (Lipinski definition) is 6. The molecule has 0 unspecified atom stereocenters. The highest BCUT2D eigenvalue weighted by atomic mass is 32.1. The molecule has 0 saturated carbocycles. The number of ketones is 1. The van der Waals surface area contributed by atoms with E-state index in [1.165, 1.54) is 23.5 Å². The van der Waals surface area contributed by atoms with Crippen molar-refractivity contribution in [3.05, 3.63) is 92.7 Å². The van der Waals surface area contributed by atoms with Gasteiger partial charge in [0.25, 0.3) is 5.91 Å². The molecular weight excluding hydrogens is 428 g/mol. The zero-order valence-corrected chi connectivity index (χ0v) is 18.5. The van der Waals surface area contributed by atoms with Gasteiger partial charge in [0.2, 0.25) is 0 Å². The van der Waals surface area contributed by atoms with Gasteiger partial charge in [-0.1, -0.05) is 36.4 Å². The van der Waals surface area contributed by atoms with Crippen molar-refractivity contribution in [1.29, 1.82) is 0 Å². The zero-order valence-electron chi connectivity index (χ0n) is 17.6. The second kappa shape index (κ2) is 10.5. The van der Waals surface area contributed by atoms with E-state index in [0.29, 0.717) is 5.56 Å². The zero-order chi connectivity index (χ0) is 23.1. The minimum Gasteiger partial charge on any atom is -0.452 e. The van der Waals surface area contributed by atoms with Gasteiger partial charge in [-0.25, -0.2) is 9.59 Å². The molecule has 7 nitrogen and oxygen atoms in total. The number of esters is 1. The van der Waals surface area contributed by atoms with Gasteiger partial charge in [0.15, 0.2) is 12.4 Å². The smallest absolute Gasteiger partial charge is 0.339 e. The molecule has 0 bridgehead atoms. The van der Waals surface area contributed by atoms with Crippen molar-refractivity contribution in [1.82, 2.24) is 10.6 Å². The summed E-state index contributed by atoms with van der Waals surface area (Å²) >= 11 is 1.47. The van der Waals surface area contributed by atoms with Gasteiger partial charge in [-0.2, -0.15) is 0 Å². The highest BCUT2D eigenvalue weighted by Gasteiger charge is 2.20. The van der Waals surface area contributed by atoms with Gasteiger partial charge in [-0.05, 0) is 48.6 Å². The number of urea groups is 1. The van der Waals surface area contributed by atoms with Gasteiger partial charge >= 0.3 is 12.0 Å². The molecule has 32 heavy (non-hydrogen) atoms. The van der Waals surface area contributed by atoms with Crippen molar-refractivity contribution < 1.29 is 23.9 Å². The molecular formula is C24H22N2O5S. The van der Waals surface area contributed by atoms with Crippen LogP contribution in [0.5, 0.6) is 0 Å². The highest BCUT2D eigenvalue weighted by Crippen LogP contribution is 2.18. The molecule has 0 aliphatic carbocycles. The summed E-state index contributed by atoms with van der Waals surface area (Å²) in [5.41, 5.74) is 2.69. The quantitative estimate of drug-likeness (QED) is 0.421. The van der Waals surface area contributed by atoms with E-state index in [1.54, 1.807) is 24.3 Å². The SMILES string of the molecule is Cc1ccc(C(=O)c2ccccc2C(=O)OCC(=O)NC(=O)NCc2cccs2)cc1C. The molecule has 2 N–H and O–H groups in total. The number of ether oxygens (including phenoxy) is 1. The molecule has 1 aromatic heterocycles. The summed E-state index contributed by atoms with van der Waals surface area (Å²) < 4.78 is 5.03. The van der Waals surface area contributed by atoms with Crippen LogP contribution in [0.4, 0.5) is 4.79 Å². The Morgan fingerprint density at radius 2 is 1.66 bits per heavy atom. The fraction of sp³-hybridized carbons (Fsp3) is 0.167. The average Bonchev–Trinajstić information content (AvgIpc) is 3.31. The number of aryl methyl sites for hydroxylation is 2. The molecule has 0 spiro atoms. The van der Waals surface area contributed by atoms with Gasteiger partial charge in [0.05, 0.1) is 12.1 Å². The predicted octanol–water partition coefficient (Wildman–Crippen LogP) is 3.78. The fourth-order valence-corrected chi connectivity index (χ4v) is 3.54. The van der Waals surface area contributed by atoms with Crippen molar-refractivity contribution in [2.75, 3.05) is 6.61 Å². The van der Waals surface area contributed by atoms with E-state index in [9.17, 15) is 19.2 Å². The number of imide groups is 1. The second-order valence-electron chi connectivity index (χ2n) is 7.06. The van der Waals surface area contributed by atoms with E-state index in [0.717, 1.165) is 16.0 Å². The maximum absolute atomic E-state index is 12.9. The number of benzene rings is 2. The van der Waals surface area contributed by atoms with Crippen LogP contribution in [0.2, 0.25) is 0 Å². The van der Waals surface area contributed by atoms with Crippen molar-refractivity contribution in [2.24, 2.45) is 0 Å². The molecule has 0 aliphatic rings. The maximum atomic E-state index is 12.9. The summed E-state index contributed by atoms with van der Waals surface area (Å²) in [5, 5.41) is 6.51. The van der Waals surface area contributed by atoms with Gasteiger partial charge in [0.1, 0.15) is 0 Å². The van der Waals surface area contributed by atoms with E-state index < -0.39 is 24.5 Å². The van der Waals surface area contributed by atoms with Crippen LogP contribution >= 0.6 is 11.3 Å². The molecule has 0 radical (unpaired) electrons. The van der Waals surface area contributed by atoms with Crippen LogP contribution in [0.3, 0.4) is 0 Å². The monoisotopic (exact) mass is 450 g/mol. The van der Waals surface area contributed by atoms with Crippen LogP contribution < -0.4 is 10.6 Å². The first-order valence-corrected chi connectivity index (χ1v) is 10.7. The van der Waals surface area contributed by atoms with E-state index in [2.05, 4.69) is 10.6 Å². The van der Waals surface area contributed by atoms with Crippen molar-refractivity contribution in [2.45, 2.75) is 20.4 Å². The van der Waals surface area contributed by atoms with E-state index in [-0.39, 0.29) is 23.5 Å². The number of nitrogens with one attached hydrogen (secondary N) is 2. The van der Waals surface area contributed by atoms with Crippen LogP contribution in [0.25, 0.3) is 0 Å².